The van der Waals surface area contributed by atoms with E-state index in [-0.39, 0.29) is 16.0 Å². The van der Waals surface area contributed by atoms with Gasteiger partial charge in [-0.2, -0.15) is 4.37 Å². The molecule has 0 N–H and O–H groups in total. The highest BCUT2D eigenvalue weighted by molar-refractivity contribution is 7.09. The first-order chi connectivity index (χ1) is 7.68. The first-order valence-electron chi connectivity index (χ1n) is 4.24. The van der Waals surface area contributed by atoms with Gasteiger partial charge in [0, 0.05) is 5.56 Å². The molecule has 0 aliphatic carbocycles. The number of hydrogen-bond donors (Lipinski definition) is 0. The van der Waals surface area contributed by atoms with Gasteiger partial charge in [0.1, 0.15) is 9.90 Å². The van der Waals surface area contributed by atoms with Crippen LogP contribution >= 0.6 is 34.7 Å². The zero-order valence-corrected chi connectivity index (χ0v) is 10.1. The van der Waals surface area contributed by atoms with E-state index in [1.807, 2.05) is 0 Å². The average molecular weight is 274 g/mol. The predicted octanol–water partition coefficient (Wildman–Crippen LogP) is 3.94. The van der Waals surface area contributed by atoms with E-state index in [4.69, 9.17) is 27.6 Å². The second-order valence-corrected chi connectivity index (χ2v) is 4.38. The number of furan rings is 1. The van der Waals surface area contributed by atoms with Crippen molar-refractivity contribution in [3.8, 4) is 0 Å². The molecule has 0 bridgehead atoms. The third kappa shape index (κ3) is 2.35. The number of aromatic nitrogens is 1. The molecule has 0 amide bonds. The minimum absolute atomic E-state index is 0.159. The molecule has 82 valence electrons. The Morgan fingerprint density at radius 3 is 2.88 bits per heavy atom. The zero-order chi connectivity index (χ0) is 11.5. The monoisotopic (exact) mass is 273 g/mol. The van der Waals surface area contributed by atoms with Crippen molar-refractivity contribution in [1.82, 2.24) is 4.37 Å². The van der Waals surface area contributed by atoms with Crippen LogP contribution in [0.4, 0.5) is 0 Å². The van der Waals surface area contributed by atoms with Gasteiger partial charge in [0.2, 0.25) is 0 Å². The Morgan fingerprint density at radius 1 is 1.50 bits per heavy atom. The number of carbonyl (C=O) groups is 1. The van der Waals surface area contributed by atoms with Crippen LogP contribution in [-0.4, -0.2) is 10.2 Å². The number of allylic oxidation sites excluding steroid dienone is 1. The molecule has 2 aromatic rings. The average Bonchev–Trinajstić information content (AvgIpc) is 2.88. The summed E-state index contributed by atoms with van der Waals surface area (Å²) < 4.78 is 8.65. The summed E-state index contributed by atoms with van der Waals surface area (Å²) in [5, 5.41) is 0.361. The third-order valence-corrected chi connectivity index (χ3v) is 3.60. The fraction of sp³-hybridized carbons (Fsp3) is 0. The quantitative estimate of drug-likeness (QED) is 0.629. The number of ketones is 1. The molecule has 0 aromatic carbocycles. The number of halogens is 2. The van der Waals surface area contributed by atoms with Crippen LogP contribution in [0.2, 0.25) is 10.2 Å². The van der Waals surface area contributed by atoms with Crippen molar-refractivity contribution in [3.05, 3.63) is 45.3 Å². The van der Waals surface area contributed by atoms with E-state index >= 15 is 0 Å². The molecular weight excluding hydrogens is 269 g/mol. The lowest BCUT2D eigenvalue weighted by Crippen LogP contribution is -1.90. The van der Waals surface area contributed by atoms with Gasteiger partial charge in [-0.1, -0.05) is 23.2 Å². The lowest BCUT2D eigenvalue weighted by Gasteiger charge is -1.89. The van der Waals surface area contributed by atoms with Gasteiger partial charge < -0.3 is 4.42 Å². The highest BCUT2D eigenvalue weighted by atomic mass is 35.5. The van der Waals surface area contributed by atoms with Gasteiger partial charge in [0.15, 0.2) is 10.9 Å². The van der Waals surface area contributed by atoms with Crippen molar-refractivity contribution in [1.29, 1.82) is 0 Å². The molecule has 16 heavy (non-hydrogen) atoms. The maximum Gasteiger partial charge on any atom is 0.198 e. The summed E-state index contributed by atoms with van der Waals surface area (Å²) in [4.78, 5) is 12.0. The number of rotatable bonds is 3. The molecule has 0 fully saturated rings. The minimum Gasteiger partial charge on any atom is -0.472 e. The first-order valence-corrected chi connectivity index (χ1v) is 5.76. The third-order valence-electron chi connectivity index (χ3n) is 1.79. The summed E-state index contributed by atoms with van der Waals surface area (Å²) in [6.45, 7) is 0. The molecule has 0 saturated heterocycles. The molecule has 3 nitrogen and oxygen atoms in total. The smallest absolute Gasteiger partial charge is 0.198 e. The Labute approximate surface area is 105 Å². The second-order valence-electron chi connectivity index (χ2n) is 2.87. The molecule has 2 aromatic heterocycles. The van der Waals surface area contributed by atoms with E-state index in [9.17, 15) is 4.79 Å². The Balaban J connectivity index is 2.18. The summed E-state index contributed by atoms with van der Waals surface area (Å²) in [5.74, 6) is -0.226. The van der Waals surface area contributed by atoms with Crippen LogP contribution in [0.15, 0.2) is 29.1 Å². The maximum absolute atomic E-state index is 11.7. The summed E-state index contributed by atoms with van der Waals surface area (Å²) in [6.07, 6.45) is 6.10. The molecule has 0 aliphatic heterocycles. The summed E-state index contributed by atoms with van der Waals surface area (Å²) >= 11 is 12.4. The first kappa shape index (κ1) is 11.4. The van der Waals surface area contributed by atoms with E-state index in [1.165, 1.54) is 18.6 Å². The van der Waals surface area contributed by atoms with E-state index in [1.54, 1.807) is 12.1 Å². The maximum atomic E-state index is 11.7. The van der Waals surface area contributed by atoms with Crippen LogP contribution in [-0.2, 0) is 0 Å². The lowest BCUT2D eigenvalue weighted by atomic mass is 10.2. The van der Waals surface area contributed by atoms with E-state index in [0.717, 1.165) is 17.1 Å². The summed E-state index contributed by atoms with van der Waals surface area (Å²) in [5.41, 5.74) is 0.806. The van der Waals surface area contributed by atoms with Crippen LogP contribution in [0.25, 0.3) is 6.08 Å². The van der Waals surface area contributed by atoms with Gasteiger partial charge in [-0.25, -0.2) is 0 Å². The van der Waals surface area contributed by atoms with Crippen LogP contribution in [0.5, 0.6) is 0 Å². The van der Waals surface area contributed by atoms with Crippen molar-refractivity contribution >= 4 is 46.6 Å². The fourth-order valence-corrected chi connectivity index (χ4v) is 2.17. The Hall–Kier alpha value is -1.10. The van der Waals surface area contributed by atoms with Crippen molar-refractivity contribution < 1.29 is 9.21 Å². The Bertz CT molecular complexity index is 531. The van der Waals surface area contributed by atoms with Crippen LogP contribution in [0.3, 0.4) is 0 Å². The Morgan fingerprint density at radius 2 is 2.31 bits per heavy atom. The van der Waals surface area contributed by atoms with Crippen molar-refractivity contribution in [2.45, 2.75) is 0 Å². The molecule has 0 atom stereocenters. The van der Waals surface area contributed by atoms with Gasteiger partial charge in [-0.3, -0.25) is 4.79 Å². The van der Waals surface area contributed by atoms with Gasteiger partial charge >= 0.3 is 0 Å². The van der Waals surface area contributed by atoms with Gasteiger partial charge in [0.25, 0.3) is 0 Å². The zero-order valence-electron chi connectivity index (χ0n) is 7.81. The van der Waals surface area contributed by atoms with Crippen molar-refractivity contribution in [2.75, 3.05) is 0 Å². The largest absolute Gasteiger partial charge is 0.472 e. The highest BCUT2D eigenvalue weighted by Crippen LogP contribution is 2.29. The minimum atomic E-state index is -0.226. The van der Waals surface area contributed by atoms with Crippen LogP contribution < -0.4 is 0 Å². The van der Waals surface area contributed by atoms with Crippen LogP contribution in [0.1, 0.15) is 15.2 Å². The van der Waals surface area contributed by atoms with E-state index < -0.39 is 0 Å². The topological polar surface area (TPSA) is 43.1 Å². The number of nitrogens with zero attached hydrogens (tertiary/aromatic N) is 1. The molecule has 0 unspecified atom stereocenters. The summed E-state index contributed by atoms with van der Waals surface area (Å²) in [6, 6.07) is 1.74. The van der Waals surface area contributed by atoms with Gasteiger partial charge in [-0.05, 0) is 29.8 Å². The van der Waals surface area contributed by atoms with Gasteiger partial charge in [-0.15, -0.1) is 0 Å². The van der Waals surface area contributed by atoms with Gasteiger partial charge in [0.05, 0.1) is 12.5 Å². The SMILES string of the molecule is O=C(C=Cc1ccoc1)c1snc(Cl)c1Cl. The molecule has 0 saturated carbocycles. The molecular formula is C10H5Cl2NO2S. The number of carbonyl (C=O) groups excluding carboxylic acids is 1. The molecule has 0 aliphatic rings. The molecule has 6 heteroatoms. The van der Waals surface area contributed by atoms with Crippen molar-refractivity contribution in [3.63, 3.8) is 0 Å². The normalized spacial score (nSPS) is 11.1. The number of hydrogen-bond acceptors (Lipinski definition) is 4. The fourth-order valence-electron chi connectivity index (χ4n) is 1.03. The standard InChI is InChI=1S/C10H5Cl2NO2S/c11-8-9(16-13-10(8)12)7(14)2-1-6-3-4-15-5-6/h1-5H. The highest BCUT2D eigenvalue weighted by Gasteiger charge is 2.14. The lowest BCUT2D eigenvalue weighted by molar-refractivity contribution is 0.105. The van der Waals surface area contributed by atoms with Crippen LogP contribution in [0, 0.1) is 0 Å². The van der Waals surface area contributed by atoms with Crippen molar-refractivity contribution in [2.24, 2.45) is 0 Å². The molecule has 2 heterocycles. The van der Waals surface area contributed by atoms with E-state index in [0.29, 0.717) is 4.88 Å². The van der Waals surface area contributed by atoms with E-state index in [2.05, 4.69) is 4.37 Å². The predicted molar refractivity (Wildman–Crippen MR) is 64.2 cm³/mol. The second kappa shape index (κ2) is 4.82. The molecule has 0 radical (unpaired) electrons. The molecule has 0 spiro atoms. The Kier molecular flexibility index (Phi) is 3.43. The summed E-state index contributed by atoms with van der Waals surface area (Å²) in [7, 11) is 0. The molecule has 2 rings (SSSR count).